The number of hydrogen-bond acceptors (Lipinski definition) is 10. The van der Waals surface area contributed by atoms with Gasteiger partial charge >= 0.3 is 23.9 Å². The van der Waals surface area contributed by atoms with Crippen molar-refractivity contribution in [2.24, 2.45) is 79.8 Å². The molecule has 0 radical (unpaired) electrons. The highest BCUT2D eigenvalue weighted by atomic mass is 16.6. The van der Waals surface area contributed by atoms with Crippen LogP contribution >= 0.6 is 0 Å². The molecule has 320 valence electrons. The van der Waals surface area contributed by atoms with Gasteiger partial charge in [0, 0.05) is 83.9 Å². The third-order valence-corrected chi connectivity index (χ3v) is 19.2. The molecule has 6 aliphatic carbocycles. The van der Waals surface area contributed by atoms with E-state index in [-0.39, 0.29) is 119 Å². The standard InChI is InChI=1S/2C24H34O5/c2*1-7-22(5)16-12-18(27)29-21(16)23(6)13(2)8-10-24(11-9-17(26)19(23)24)14(3)20(22)28-15(4)25/h2*7,13-14,16,19-21H,1,8-12H2,2-6H3/t2*13-,14+,16-,19+,20+,21-,22-,23-,24+/m11/s1. The van der Waals surface area contributed by atoms with Gasteiger partial charge in [0.15, 0.2) is 0 Å². The molecule has 6 saturated carbocycles. The van der Waals surface area contributed by atoms with Gasteiger partial charge in [0.1, 0.15) is 36.0 Å². The third-order valence-electron chi connectivity index (χ3n) is 19.2. The van der Waals surface area contributed by atoms with E-state index in [0.29, 0.717) is 12.8 Å². The highest BCUT2D eigenvalue weighted by molar-refractivity contribution is 5.87. The molecule has 0 aromatic carbocycles. The first-order valence-electron chi connectivity index (χ1n) is 22.1. The Balaban J connectivity index is 0.000000177. The Kier molecular flexibility index (Phi) is 10.4. The second kappa shape index (κ2) is 14.1. The Labute approximate surface area is 345 Å². The van der Waals surface area contributed by atoms with Gasteiger partial charge in [0.25, 0.3) is 0 Å². The number of carbonyl (C=O) groups excluding carboxylic acids is 6. The summed E-state index contributed by atoms with van der Waals surface area (Å²) in [7, 11) is 0. The molecular weight excluding hydrogens is 737 g/mol. The average Bonchev–Trinajstić information content (AvgIpc) is 3.95. The van der Waals surface area contributed by atoms with E-state index in [2.05, 4.69) is 68.5 Å². The summed E-state index contributed by atoms with van der Waals surface area (Å²) in [5.74, 6) is -0.676. The normalized spacial score (nSPS) is 51.3. The van der Waals surface area contributed by atoms with E-state index in [1.54, 1.807) is 0 Å². The van der Waals surface area contributed by atoms with Crippen LogP contribution in [-0.2, 0) is 47.7 Å². The zero-order valence-electron chi connectivity index (χ0n) is 36.7. The van der Waals surface area contributed by atoms with Crippen molar-refractivity contribution in [3.8, 4) is 0 Å². The highest BCUT2D eigenvalue weighted by Gasteiger charge is 2.74. The molecule has 0 unspecified atom stereocenters. The molecule has 4 bridgehead atoms. The molecule has 10 heteroatoms. The van der Waals surface area contributed by atoms with Crippen LogP contribution in [0.15, 0.2) is 25.3 Å². The van der Waals surface area contributed by atoms with Crippen LogP contribution in [0.25, 0.3) is 0 Å². The molecule has 18 atom stereocenters. The van der Waals surface area contributed by atoms with Gasteiger partial charge < -0.3 is 18.9 Å². The number of esters is 4. The van der Waals surface area contributed by atoms with Crippen molar-refractivity contribution in [1.82, 2.24) is 0 Å². The fraction of sp³-hybridized carbons (Fsp3) is 0.792. The molecule has 2 aliphatic heterocycles. The van der Waals surface area contributed by atoms with Crippen LogP contribution in [0.3, 0.4) is 0 Å². The minimum atomic E-state index is -0.607. The van der Waals surface area contributed by atoms with Crippen molar-refractivity contribution < 1.29 is 47.7 Å². The maximum absolute atomic E-state index is 13.3. The first-order valence-corrected chi connectivity index (χ1v) is 22.1. The van der Waals surface area contributed by atoms with E-state index in [1.165, 1.54) is 13.8 Å². The molecule has 0 spiro atoms. The lowest BCUT2D eigenvalue weighted by Gasteiger charge is -2.62. The number of ketones is 2. The first kappa shape index (κ1) is 42.8. The van der Waals surface area contributed by atoms with Crippen LogP contribution in [0.5, 0.6) is 0 Å². The van der Waals surface area contributed by atoms with Gasteiger partial charge in [-0.3, -0.25) is 28.8 Å². The lowest BCUT2D eigenvalue weighted by molar-refractivity contribution is -0.214. The van der Waals surface area contributed by atoms with Crippen molar-refractivity contribution in [2.45, 2.75) is 158 Å². The Morgan fingerprint density at radius 3 is 1.28 bits per heavy atom. The maximum Gasteiger partial charge on any atom is 0.306 e. The van der Waals surface area contributed by atoms with Crippen molar-refractivity contribution in [3.05, 3.63) is 25.3 Å². The lowest BCUT2D eigenvalue weighted by atomic mass is 9.42. The van der Waals surface area contributed by atoms with E-state index < -0.39 is 33.9 Å². The monoisotopic (exact) mass is 804 g/mol. The molecule has 0 aromatic rings. The predicted octanol–water partition coefficient (Wildman–Crippen LogP) is 8.19. The number of fused-ring (bicyclic) bond motifs is 4. The molecular formula is C48H68O10. The average molecular weight is 805 g/mol. The first-order chi connectivity index (χ1) is 27.0. The van der Waals surface area contributed by atoms with Crippen molar-refractivity contribution >= 4 is 35.4 Å². The molecule has 58 heavy (non-hydrogen) atoms. The number of rotatable bonds is 4. The molecule has 8 fully saturated rings. The second-order valence-electron chi connectivity index (χ2n) is 21.1. The lowest BCUT2D eigenvalue weighted by Crippen LogP contribution is -2.65. The van der Waals surface area contributed by atoms with Gasteiger partial charge in [-0.2, -0.15) is 0 Å². The van der Waals surface area contributed by atoms with E-state index >= 15 is 0 Å². The molecule has 0 N–H and O–H groups in total. The minimum absolute atomic E-state index is 0.00525. The minimum Gasteiger partial charge on any atom is -0.461 e. The van der Waals surface area contributed by atoms with Crippen LogP contribution in [0.2, 0.25) is 0 Å². The van der Waals surface area contributed by atoms with Gasteiger partial charge in [0.05, 0.1) is 12.8 Å². The van der Waals surface area contributed by atoms with Gasteiger partial charge in [-0.1, -0.05) is 67.5 Å². The summed E-state index contributed by atoms with van der Waals surface area (Å²) < 4.78 is 24.0. The zero-order chi connectivity index (χ0) is 42.7. The second-order valence-corrected chi connectivity index (χ2v) is 21.1. The quantitative estimate of drug-likeness (QED) is 0.155. The molecule has 0 amide bonds. The SMILES string of the molecule is C=C[C@]1(C)[C@@H]2CC(=O)O[C@H]2[C@]2(C)[C@H](C)CC[C@]3(CCC(=O)[C@H]32)[C@@H](C)[C@@H]1OC(C)=O.C=C[C@]1(C)[C@@H]2CC(=O)O[C@H]2[C@]2(C)[C@H](C)CC[C@]3(CCC(=O)[C@H]32)[C@@H](C)[C@@H]1OC(C)=O. The number of ether oxygens (including phenoxy) is 4. The van der Waals surface area contributed by atoms with Crippen LogP contribution < -0.4 is 0 Å². The van der Waals surface area contributed by atoms with Crippen LogP contribution in [-0.4, -0.2) is 59.9 Å². The number of hydrogen-bond donors (Lipinski definition) is 0. The van der Waals surface area contributed by atoms with Crippen molar-refractivity contribution in [1.29, 1.82) is 0 Å². The summed E-state index contributed by atoms with van der Waals surface area (Å²) in [5.41, 5.74) is -2.51. The predicted molar refractivity (Wildman–Crippen MR) is 215 cm³/mol. The van der Waals surface area contributed by atoms with E-state index in [0.717, 1.165) is 38.5 Å². The molecule has 0 aromatic heterocycles. The molecule has 8 rings (SSSR count). The van der Waals surface area contributed by atoms with Crippen molar-refractivity contribution in [2.75, 3.05) is 0 Å². The van der Waals surface area contributed by atoms with E-state index in [9.17, 15) is 28.8 Å². The summed E-state index contributed by atoms with van der Waals surface area (Å²) in [4.78, 5) is 76.1. The fourth-order valence-corrected chi connectivity index (χ4v) is 15.7. The largest absolute Gasteiger partial charge is 0.461 e. The van der Waals surface area contributed by atoms with Gasteiger partial charge in [0.2, 0.25) is 0 Å². The number of Topliss-reactive ketones (excluding diaryl/α,β-unsaturated/α-hetero) is 2. The smallest absolute Gasteiger partial charge is 0.306 e. The van der Waals surface area contributed by atoms with Crippen molar-refractivity contribution in [3.63, 3.8) is 0 Å². The van der Waals surface area contributed by atoms with Crippen LogP contribution in [0.4, 0.5) is 0 Å². The van der Waals surface area contributed by atoms with E-state index in [1.807, 2.05) is 12.2 Å². The van der Waals surface area contributed by atoms with Gasteiger partial charge in [-0.15, -0.1) is 13.2 Å². The Morgan fingerprint density at radius 2 is 0.966 bits per heavy atom. The topological polar surface area (TPSA) is 139 Å². The summed E-state index contributed by atoms with van der Waals surface area (Å²) in [6.07, 6.45) is 9.27. The Hall–Kier alpha value is -3.30. The summed E-state index contributed by atoms with van der Waals surface area (Å²) in [5, 5.41) is 0. The summed E-state index contributed by atoms with van der Waals surface area (Å²) in [6, 6.07) is 0. The van der Waals surface area contributed by atoms with Gasteiger partial charge in [-0.05, 0) is 61.2 Å². The maximum atomic E-state index is 13.3. The van der Waals surface area contributed by atoms with E-state index in [4.69, 9.17) is 18.9 Å². The molecule has 2 saturated heterocycles. The molecule has 2 heterocycles. The molecule has 10 nitrogen and oxygen atoms in total. The Morgan fingerprint density at radius 1 is 0.621 bits per heavy atom. The fourth-order valence-electron chi connectivity index (χ4n) is 15.7. The summed E-state index contributed by atoms with van der Waals surface area (Å²) in [6.45, 7) is 28.3. The zero-order valence-corrected chi connectivity index (χ0v) is 36.7. The highest BCUT2D eigenvalue weighted by Crippen LogP contribution is 2.72. The summed E-state index contributed by atoms with van der Waals surface area (Å²) >= 11 is 0. The third kappa shape index (κ3) is 5.59. The number of carbonyl (C=O) groups is 6. The Bertz CT molecular complexity index is 1670. The van der Waals surface area contributed by atoms with Gasteiger partial charge in [-0.25, -0.2) is 0 Å². The van der Waals surface area contributed by atoms with Crippen LogP contribution in [0, 0.1) is 79.8 Å². The molecule has 8 aliphatic rings. The van der Waals surface area contributed by atoms with Crippen LogP contribution in [0.1, 0.15) is 133 Å².